The van der Waals surface area contributed by atoms with Crippen molar-refractivity contribution in [1.29, 1.82) is 0 Å². The maximum Gasteiger partial charge on any atom is 0.345 e. The van der Waals surface area contributed by atoms with Crippen LogP contribution in [-0.2, 0) is 10.0 Å². The number of carboxylic acids is 1. The summed E-state index contributed by atoms with van der Waals surface area (Å²) < 4.78 is 27.6. The molecule has 0 unspecified atom stereocenters. The number of nitrogens with one attached hydrogen (secondary N) is 1. The number of sulfonamides is 1. The van der Waals surface area contributed by atoms with Crippen molar-refractivity contribution < 1.29 is 18.3 Å². The van der Waals surface area contributed by atoms with E-state index in [2.05, 4.69) is 20.7 Å². The Bertz CT molecular complexity index is 605. The van der Waals surface area contributed by atoms with Crippen LogP contribution < -0.4 is 4.72 Å². The third-order valence-electron chi connectivity index (χ3n) is 3.60. The molecule has 1 aliphatic rings. The maximum absolute atomic E-state index is 12.3. The quantitative estimate of drug-likeness (QED) is 0.820. The first kappa shape index (κ1) is 15.9. The molecule has 1 fully saturated rings. The summed E-state index contributed by atoms with van der Waals surface area (Å²) in [4.78, 5) is 10.9. The van der Waals surface area contributed by atoms with Crippen LogP contribution in [0.2, 0.25) is 0 Å². The number of hydrogen-bond acceptors (Lipinski definition) is 4. The molecule has 112 valence electrons. The molecule has 20 heavy (non-hydrogen) atoms. The van der Waals surface area contributed by atoms with Gasteiger partial charge in [0.1, 0.15) is 9.77 Å². The number of rotatable bonds is 5. The molecule has 1 heterocycles. The van der Waals surface area contributed by atoms with Crippen LogP contribution in [0.4, 0.5) is 0 Å². The van der Waals surface area contributed by atoms with Gasteiger partial charge < -0.3 is 5.11 Å². The molecule has 2 rings (SSSR count). The van der Waals surface area contributed by atoms with E-state index in [0.717, 1.165) is 37.0 Å². The average Bonchev–Trinajstić information content (AvgIpc) is 2.96. The Balaban J connectivity index is 2.19. The highest BCUT2D eigenvalue weighted by Gasteiger charge is 2.29. The monoisotopic (exact) mass is 381 g/mol. The SMILES string of the molecule is C[C@@H](NS(=O)(=O)c1cc(C(=O)O)sc1Br)C1CCCC1. The third kappa shape index (κ3) is 3.41. The first-order chi connectivity index (χ1) is 9.31. The molecule has 2 N–H and O–H groups in total. The van der Waals surface area contributed by atoms with Crippen LogP contribution in [0.15, 0.2) is 14.7 Å². The summed E-state index contributed by atoms with van der Waals surface area (Å²) in [6, 6.07) is 1.06. The molecule has 1 atom stereocenters. The third-order valence-corrected chi connectivity index (χ3v) is 7.40. The Kier molecular flexibility index (Phi) is 4.88. The second-order valence-corrected chi connectivity index (χ2v) is 9.06. The van der Waals surface area contributed by atoms with Crippen molar-refractivity contribution in [2.45, 2.75) is 43.5 Å². The summed E-state index contributed by atoms with van der Waals surface area (Å²) in [7, 11) is -3.69. The van der Waals surface area contributed by atoms with Gasteiger partial charge in [-0.3, -0.25) is 0 Å². The van der Waals surface area contributed by atoms with Crippen LogP contribution in [0.5, 0.6) is 0 Å². The second-order valence-electron chi connectivity index (χ2n) is 5.01. The van der Waals surface area contributed by atoms with Crippen LogP contribution in [0.25, 0.3) is 0 Å². The molecular weight excluding hydrogens is 366 g/mol. The first-order valence-electron chi connectivity index (χ1n) is 6.36. The van der Waals surface area contributed by atoms with E-state index in [0.29, 0.717) is 9.70 Å². The number of carbonyl (C=O) groups is 1. The van der Waals surface area contributed by atoms with Crippen molar-refractivity contribution in [3.63, 3.8) is 0 Å². The van der Waals surface area contributed by atoms with Gasteiger partial charge in [0.2, 0.25) is 10.0 Å². The fourth-order valence-corrected chi connectivity index (χ4v) is 6.22. The van der Waals surface area contributed by atoms with Gasteiger partial charge in [-0.25, -0.2) is 17.9 Å². The van der Waals surface area contributed by atoms with Gasteiger partial charge in [0.05, 0.1) is 3.79 Å². The van der Waals surface area contributed by atoms with Gasteiger partial charge in [0, 0.05) is 6.04 Å². The van der Waals surface area contributed by atoms with Crippen molar-refractivity contribution in [2.24, 2.45) is 5.92 Å². The highest BCUT2D eigenvalue weighted by Crippen LogP contribution is 2.33. The Labute approximate surface area is 130 Å². The van der Waals surface area contributed by atoms with Crippen molar-refractivity contribution in [2.75, 3.05) is 0 Å². The summed E-state index contributed by atoms with van der Waals surface area (Å²) >= 11 is 4.04. The number of carboxylic acid groups (broad SMARTS) is 1. The predicted molar refractivity (Wildman–Crippen MR) is 80.7 cm³/mol. The van der Waals surface area contributed by atoms with E-state index in [9.17, 15) is 13.2 Å². The van der Waals surface area contributed by atoms with Crippen LogP contribution in [0.1, 0.15) is 42.3 Å². The van der Waals surface area contributed by atoms with Gasteiger partial charge in [-0.2, -0.15) is 0 Å². The first-order valence-corrected chi connectivity index (χ1v) is 9.45. The Hall–Kier alpha value is -0.440. The molecule has 5 nitrogen and oxygen atoms in total. The minimum atomic E-state index is -3.69. The molecule has 0 spiro atoms. The molecule has 1 aliphatic carbocycles. The number of halogens is 1. The largest absolute Gasteiger partial charge is 0.477 e. The minimum absolute atomic E-state index is 0.00440. The van der Waals surface area contributed by atoms with Gasteiger partial charge in [-0.1, -0.05) is 12.8 Å². The number of hydrogen-bond donors (Lipinski definition) is 2. The maximum atomic E-state index is 12.3. The van der Waals surface area contributed by atoms with E-state index in [1.165, 1.54) is 6.07 Å². The lowest BCUT2D eigenvalue weighted by molar-refractivity contribution is 0.0702. The zero-order chi connectivity index (χ0) is 14.9. The van der Waals surface area contributed by atoms with Gasteiger partial charge in [0.15, 0.2) is 0 Å². The molecule has 0 aliphatic heterocycles. The van der Waals surface area contributed by atoms with Gasteiger partial charge in [-0.15, -0.1) is 11.3 Å². The zero-order valence-corrected chi connectivity index (χ0v) is 14.1. The summed E-state index contributed by atoms with van der Waals surface area (Å²) in [5, 5.41) is 8.92. The molecule has 8 heteroatoms. The normalized spacial score (nSPS) is 18.3. The number of aromatic carboxylic acids is 1. The molecule has 1 aromatic rings. The van der Waals surface area contributed by atoms with Gasteiger partial charge in [-0.05, 0) is 47.7 Å². The van der Waals surface area contributed by atoms with Crippen LogP contribution in [-0.4, -0.2) is 25.5 Å². The summed E-state index contributed by atoms with van der Waals surface area (Å²) in [5.74, 6) is -0.762. The van der Waals surface area contributed by atoms with Crippen LogP contribution >= 0.6 is 27.3 Å². The Morgan fingerprint density at radius 3 is 2.60 bits per heavy atom. The lowest BCUT2D eigenvalue weighted by Gasteiger charge is -2.20. The smallest absolute Gasteiger partial charge is 0.345 e. The predicted octanol–water partition coefficient (Wildman–Crippen LogP) is 3.07. The molecule has 0 aromatic carbocycles. The van der Waals surface area contributed by atoms with E-state index in [4.69, 9.17) is 5.11 Å². The fourth-order valence-electron chi connectivity index (χ4n) is 2.50. The molecular formula is C12H16BrNO4S2. The molecule has 0 saturated heterocycles. The summed E-state index contributed by atoms with van der Waals surface area (Å²) in [6.07, 6.45) is 4.35. The van der Waals surface area contributed by atoms with E-state index in [1.54, 1.807) is 0 Å². The van der Waals surface area contributed by atoms with Crippen LogP contribution in [0, 0.1) is 5.92 Å². The van der Waals surface area contributed by atoms with Gasteiger partial charge in [0.25, 0.3) is 0 Å². The van der Waals surface area contributed by atoms with E-state index < -0.39 is 16.0 Å². The van der Waals surface area contributed by atoms with Crippen molar-refractivity contribution in [3.8, 4) is 0 Å². The van der Waals surface area contributed by atoms with E-state index in [-0.39, 0.29) is 15.8 Å². The zero-order valence-electron chi connectivity index (χ0n) is 10.9. The fraction of sp³-hybridized carbons (Fsp3) is 0.583. The molecule has 0 radical (unpaired) electrons. The van der Waals surface area contributed by atoms with Gasteiger partial charge >= 0.3 is 5.97 Å². The van der Waals surface area contributed by atoms with Crippen molar-refractivity contribution in [1.82, 2.24) is 4.72 Å². The van der Waals surface area contributed by atoms with Crippen molar-refractivity contribution in [3.05, 3.63) is 14.7 Å². The van der Waals surface area contributed by atoms with Crippen molar-refractivity contribution >= 4 is 43.3 Å². The molecule has 0 bridgehead atoms. The molecule has 1 aromatic heterocycles. The highest BCUT2D eigenvalue weighted by molar-refractivity contribution is 9.11. The Morgan fingerprint density at radius 1 is 1.50 bits per heavy atom. The second kappa shape index (κ2) is 6.13. The standard InChI is InChI=1S/C12H16BrNO4S2/c1-7(8-4-2-3-5-8)14-20(17,18)10-6-9(12(15)16)19-11(10)13/h6-8,14H,2-5H2,1H3,(H,15,16)/t7-/m1/s1. The average molecular weight is 382 g/mol. The summed E-state index contributed by atoms with van der Waals surface area (Å²) in [6.45, 7) is 1.87. The van der Waals surface area contributed by atoms with E-state index >= 15 is 0 Å². The number of thiophene rings is 1. The summed E-state index contributed by atoms with van der Waals surface area (Å²) in [5.41, 5.74) is 0. The minimum Gasteiger partial charge on any atom is -0.477 e. The lowest BCUT2D eigenvalue weighted by Crippen LogP contribution is -2.37. The lowest BCUT2D eigenvalue weighted by atomic mass is 10.0. The van der Waals surface area contributed by atoms with E-state index in [1.807, 2.05) is 6.92 Å². The highest BCUT2D eigenvalue weighted by atomic mass is 79.9. The Morgan fingerprint density at radius 2 is 2.10 bits per heavy atom. The topological polar surface area (TPSA) is 83.5 Å². The van der Waals surface area contributed by atoms with Crippen LogP contribution in [0.3, 0.4) is 0 Å². The molecule has 1 saturated carbocycles. The molecule has 0 amide bonds.